The summed E-state index contributed by atoms with van der Waals surface area (Å²) in [4.78, 5) is 10.9. The van der Waals surface area contributed by atoms with E-state index in [4.69, 9.17) is 9.47 Å². The lowest BCUT2D eigenvalue weighted by molar-refractivity contribution is 0.117. The average molecular weight is 192 g/mol. The Labute approximate surface area is 82.6 Å². The van der Waals surface area contributed by atoms with Crippen molar-refractivity contribution >= 4 is 6.16 Å². The van der Waals surface area contributed by atoms with Gasteiger partial charge >= 0.3 is 6.16 Å². The van der Waals surface area contributed by atoms with Gasteiger partial charge in [0.25, 0.3) is 0 Å². The van der Waals surface area contributed by atoms with Crippen LogP contribution >= 0.6 is 0 Å². The maximum atomic E-state index is 10.9. The predicted octanol–water partition coefficient (Wildman–Crippen LogP) is 2.59. The van der Waals surface area contributed by atoms with E-state index in [9.17, 15) is 4.79 Å². The first-order valence-electron chi connectivity index (χ1n) is 4.60. The van der Waals surface area contributed by atoms with E-state index in [1.165, 1.54) is 5.56 Å². The number of benzene rings is 1. The molecule has 0 radical (unpaired) electrons. The summed E-state index contributed by atoms with van der Waals surface area (Å²) in [7, 11) is 0. The van der Waals surface area contributed by atoms with Crippen molar-refractivity contribution < 1.29 is 14.3 Å². The number of carbonyl (C=O) groups excluding carboxylic acids is 1. The van der Waals surface area contributed by atoms with Gasteiger partial charge < -0.3 is 9.47 Å². The van der Waals surface area contributed by atoms with Crippen LogP contribution in [0.3, 0.4) is 0 Å². The van der Waals surface area contributed by atoms with Crippen LogP contribution in [0.15, 0.2) is 24.3 Å². The van der Waals surface area contributed by atoms with Gasteiger partial charge in [-0.25, -0.2) is 4.79 Å². The highest BCUT2D eigenvalue weighted by Gasteiger charge is 2.34. The van der Waals surface area contributed by atoms with Crippen LogP contribution in [-0.2, 0) is 9.47 Å². The molecule has 1 aliphatic heterocycles. The van der Waals surface area contributed by atoms with Crippen molar-refractivity contribution in [3.63, 3.8) is 0 Å². The monoisotopic (exact) mass is 192 g/mol. The first-order valence-corrected chi connectivity index (χ1v) is 4.60. The number of rotatable bonds is 1. The third-order valence-corrected chi connectivity index (χ3v) is 2.34. The lowest BCUT2D eigenvalue weighted by Gasteiger charge is -2.11. The van der Waals surface area contributed by atoms with Crippen molar-refractivity contribution in [1.29, 1.82) is 0 Å². The van der Waals surface area contributed by atoms with Crippen LogP contribution in [-0.4, -0.2) is 12.3 Å². The standard InChI is InChI=1S/C11H12O3/c1-7-3-5-9(6-4-7)10-8(2)13-11(12)14-10/h3-6,8,10H,1-2H3. The van der Waals surface area contributed by atoms with Crippen LogP contribution in [0.5, 0.6) is 0 Å². The van der Waals surface area contributed by atoms with Crippen molar-refractivity contribution in [2.75, 3.05) is 0 Å². The molecule has 2 unspecified atom stereocenters. The molecule has 0 amide bonds. The molecule has 1 aromatic rings. The lowest BCUT2D eigenvalue weighted by atomic mass is 10.0. The fraction of sp³-hybridized carbons (Fsp3) is 0.364. The molecule has 3 heteroatoms. The fourth-order valence-corrected chi connectivity index (χ4v) is 1.54. The Kier molecular flexibility index (Phi) is 2.15. The molecule has 2 atom stereocenters. The molecule has 1 heterocycles. The summed E-state index contributed by atoms with van der Waals surface area (Å²) < 4.78 is 9.94. The van der Waals surface area contributed by atoms with Gasteiger partial charge in [-0.1, -0.05) is 29.8 Å². The van der Waals surface area contributed by atoms with Gasteiger partial charge in [0, 0.05) is 0 Å². The summed E-state index contributed by atoms with van der Waals surface area (Å²) in [6.07, 6.45) is -1.05. The van der Waals surface area contributed by atoms with Gasteiger partial charge in [0.05, 0.1) is 0 Å². The maximum absolute atomic E-state index is 10.9. The fourth-order valence-electron chi connectivity index (χ4n) is 1.54. The van der Waals surface area contributed by atoms with Gasteiger partial charge in [-0.05, 0) is 19.4 Å². The molecule has 3 nitrogen and oxygen atoms in total. The van der Waals surface area contributed by atoms with E-state index in [1.807, 2.05) is 38.1 Å². The van der Waals surface area contributed by atoms with E-state index in [0.29, 0.717) is 0 Å². The first kappa shape index (κ1) is 9.06. The third-order valence-electron chi connectivity index (χ3n) is 2.34. The van der Waals surface area contributed by atoms with Crippen molar-refractivity contribution in [2.24, 2.45) is 0 Å². The number of hydrogen-bond acceptors (Lipinski definition) is 3. The summed E-state index contributed by atoms with van der Waals surface area (Å²) in [6.45, 7) is 3.85. The highest BCUT2D eigenvalue weighted by atomic mass is 16.8. The molecular weight excluding hydrogens is 180 g/mol. The molecule has 1 aromatic carbocycles. The second kappa shape index (κ2) is 3.33. The highest BCUT2D eigenvalue weighted by molar-refractivity contribution is 5.63. The van der Waals surface area contributed by atoms with Crippen LogP contribution in [0.2, 0.25) is 0 Å². The number of ether oxygens (including phenoxy) is 2. The maximum Gasteiger partial charge on any atom is 0.509 e. The molecule has 0 aromatic heterocycles. The van der Waals surface area contributed by atoms with E-state index in [0.717, 1.165) is 5.56 Å². The number of carbonyl (C=O) groups is 1. The van der Waals surface area contributed by atoms with Gasteiger partial charge in [-0.3, -0.25) is 0 Å². The normalized spacial score (nSPS) is 25.7. The number of hydrogen-bond donors (Lipinski definition) is 0. The molecule has 14 heavy (non-hydrogen) atoms. The minimum atomic E-state index is -0.580. The molecule has 0 aliphatic carbocycles. The van der Waals surface area contributed by atoms with Crippen molar-refractivity contribution in [2.45, 2.75) is 26.1 Å². The minimum absolute atomic E-state index is 0.204. The smallest absolute Gasteiger partial charge is 0.427 e. The molecule has 1 saturated heterocycles. The molecule has 0 spiro atoms. The van der Waals surface area contributed by atoms with E-state index in [2.05, 4.69) is 0 Å². The Hall–Kier alpha value is -1.51. The quantitative estimate of drug-likeness (QED) is 0.641. The SMILES string of the molecule is Cc1ccc(C2OC(=O)OC2C)cc1. The molecule has 0 saturated carbocycles. The van der Waals surface area contributed by atoms with Crippen LogP contribution < -0.4 is 0 Å². The Bertz CT molecular complexity index is 342. The summed E-state index contributed by atoms with van der Waals surface area (Å²) in [5.41, 5.74) is 2.17. The third kappa shape index (κ3) is 1.58. The molecular formula is C11H12O3. The summed E-state index contributed by atoms with van der Waals surface area (Å²) in [6, 6.07) is 7.90. The summed E-state index contributed by atoms with van der Waals surface area (Å²) in [5.74, 6) is 0. The van der Waals surface area contributed by atoms with E-state index in [1.54, 1.807) is 0 Å². The molecule has 1 fully saturated rings. The van der Waals surface area contributed by atoms with Crippen LogP contribution in [0.1, 0.15) is 24.2 Å². The zero-order valence-electron chi connectivity index (χ0n) is 8.19. The summed E-state index contributed by atoms with van der Waals surface area (Å²) in [5, 5.41) is 0. The molecule has 0 N–H and O–H groups in total. The van der Waals surface area contributed by atoms with E-state index >= 15 is 0 Å². The Morgan fingerprint density at radius 1 is 1.14 bits per heavy atom. The number of cyclic esters (lactones) is 2. The van der Waals surface area contributed by atoms with Gasteiger partial charge in [-0.2, -0.15) is 0 Å². The lowest BCUT2D eigenvalue weighted by Crippen LogP contribution is -2.09. The molecule has 1 aliphatic rings. The molecule has 0 bridgehead atoms. The largest absolute Gasteiger partial charge is 0.509 e. The van der Waals surface area contributed by atoms with E-state index < -0.39 is 6.16 Å². The van der Waals surface area contributed by atoms with Crippen molar-refractivity contribution in [1.82, 2.24) is 0 Å². The summed E-state index contributed by atoms with van der Waals surface area (Å²) >= 11 is 0. The van der Waals surface area contributed by atoms with Crippen LogP contribution in [0.4, 0.5) is 4.79 Å². The van der Waals surface area contributed by atoms with E-state index in [-0.39, 0.29) is 12.2 Å². The topological polar surface area (TPSA) is 35.5 Å². The predicted molar refractivity (Wildman–Crippen MR) is 50.9 cm³/mol. The van der Waals surface area contributed by atoms with Crippen LogP contribution in [0.25, 0.3) is 0 Å². The molecule has 2 rings (SSSR count). The van der Waals surface area contributed by atoms with Crippen LogP contribution in [0, 0.1) is 6.92 Å². The average Bonchev–Trinajstić information content (AvgIpc) is 2.47. The van der Waals surface area contributed by atoms with Gasteiger partial charge in [0.2, 0.25) is 0 Å². The zero-order valence-corrected chi connectivity index (χ0v) is 8.19. The van der Waals surface area contributed by atoms with Gasteiger partial charge in [-0.15, -0.1) is 0 Å². The Balaban J connectivity index is 2.23. The second-order valence-corrected chi connectivity index (χ2v) is 3.52. The van der Waals surface area contributed by atoms with Crippen molar-refractivity contribution in [3.8, 4) is 0 Å². The van der Waals surface area contributed by atoms with Gasteiger partial charge in [0.1, 0.15) is 6.10 Å². The highest BCUT2D eigenvalue weighted by Crippen LogP contribution is 2.29. The minimum Gasteiger partial charge on any atom is -0.427 e. The zero-order chi connectivity index (χ0) is 10.1. The molecule has 74 valence electrons. The Morgan fingerprint density at radius 2 is 1.79 bits per heavy atom. The van der Waals surface area contributed by atoms with Gasteiger partial charge in [0.15, 0.2) is 6.10 Å². The van der Waals surface area contributed by atoms with Crippen molar-refractivity contribution in [3.05, 3.63) is 35.4 Å². The first-order chi connectivity index (χ1) is 6.66. The second-order valence-electron chi connectivity index (χ2n) is 3.52. The Morgan fingerprint density at radius 3 is 2.29 bits per heavy atom. The number of aryl methyl sites for hydroxylation is 1.